The molecule has 1 aliphatic rings. The van der Waals surface area contributed by atoms with E-state index in [1.807, 2.05) is 12.1 Å². The molecule has 2 N–H and O–H groups in total. The topological polar surface area (TPSA) is 70.4 Å². The number of benzene rings is 1. The summed E-state index contributed by atoms with van der Waals surface area (Å²) in [6, 6.07) is 8.57. The maximum absolute atomic E-state index is 5.98. The zero-order chi connectivity index (χ0) is 21.2. The third kappa shape index (κ3) is 8.23. The number of hydrogen-bond acceptors (Lipinski definition) is 4. The fourth-order valence-electron chi connectivity index (χ4n) is 3.90. The van der Waals surface area contributed by atoms with E-state index in [4.69, 9.17) is 16.6 Å². The fraction of sp³-hybridized carbons (Fsp3) is 0.591. The highest BCUT2D eigenvalue weighted by Gasteiger charge is 2.22. The van der Waals surface area contributed by atoms with Crippen molar-refractivity contribution in [1.29, 1.82) is 0 Å². The SMILES string of the molecule is CCc1nncn1CCNC(=NCC1CCCN1CC)NCCc1ccc(Cl)cc1.I. The number of nitrogens with one attached hydrogen (secondary N) is 2. The first-order chi connectivity index (χ1) is 14.7. The highest BCUT2D eigenvalue weighted by Crippen LogP contribution is 2.16. The van der Waals surface area contributed by atoms with Gasteiger partial charge in [-0.1, -0.05) is 37.6 Å². The Labute approximate surface area is 208 Å². The molecule has 31 heavy (non-hydrogen) atoms. The Kier molecular flexibility index (Phi) is 11.6. The van der Waals surface area contributed by atoms with Crippen LogP contribution in [0.3, 0.4) is 0 Å². The van der Waals surface area contributed by atoms with E-state index in [0.717, 1.165) is 62.4 Å². The lowest BCUT2D eigenvalue weighted by Crippen LogP contribution is -2.41. The predicted octanol–water partition coefficient (Wildman–Crippen LogP) is 3.37. The summed E-state index contributed by atoms with van der Waals surface area (Å²) in [7, 11) is 0. The summed E-state index contributed by atoms with van der Waals surface area (Å²) >= 11 is 5.98. The summed E-state index contributed by atoms with van der Waals surface area (Å²) in [4.78, 5) is 7.43. The maximum Gasteiger partial charge on any atom is 0.191 e. The molecule has 1 aromatic carbocycles. The molecule has 172 valence electrons. The summed E-state index contributed by atoms with van der Waals surface area (Å²) in [5, 5.41) is 15.9. The fourth-order valence-corrected chi connectivity index (χ4v) is 4.03. The Morgan fingerprint density at radius 2 is 1.97 bits per heavy atom. The monoisotopic (exact) mass is 559 g/mol. The van der Waals surface area contributed by atoms with Gasteiger partial charge in [0.05, 0.1) is 6.54 Å². The van der Waals surface area contributed by atoms with Crippen LogP contribution in [0.2, 0.25) is 5.02 Å². The Hall–Kier alpha value is -1.39. The van der Waals surface area contributed by atoms with Crippen LogP contribution >= 0.6 is 35.6 Å². The number of hydrogen-bond donors (Lipinski definition) is 2. The number of likely N-dealkylation sites (N-methyl/N-ethyl adjacent to an activating group) is 1. The van der Waals surface area contributed by atoms with Crippen LogP contribution in [-0.4, -0.2) is 64.4 Å². The van der Waals surface area contributed by atoms with Gasteiger partial charge in [-0.3, -0.25) is 9.89 Å². The quantitative estimate of drug-likeness (QED) is 0.265. The van der Waals surface area contributed by atoms with Crippen molar-refractivity contribution in [1.82, 2.24) is 30.3 Å². The molecular weight excluding hydrogens is 525 g/mol. The van der Waals surface area contributed by atoms with Crippen molar-refractivity contribution in [3.63, 3.8) is 0 Å². The predicted molar refractivity (Wildman–Crippen MR) is 139 cm³/mol. The van der Waals surface area contributed by atoms with Crippen LogP contribution in [0.4, 0.5) is 0 Å². The number of aromatic nitrogens is 3. The molecule has 0 saturated carbocycles. The molecule has 1 unspecified atom stereocenters. The van der Waals surface area contributed by atoms with Crippen LogP contribution in [0.1, 0.15) is 38.1 Å². The van der Waals surface area contributed by atoms with Gasteiger partial charge in [0.25, 0.3) is 0 Å². The zero-order valence-corrected chi connectivity index (χ0v) is 21.6. The lowest BCUT2D eigenvalue weighted by Gasteiger charge is -2.21. The van der Waals surface area contributed by atoms with Gasteiger partial charge in [0, 0.05) is 37.1 Å². The van der Waals surface area contributed by atoms with Gasteiger partial charge in [-0.25, -0.2) is 0 Å². The molecule has 1 atom stereocenters. The largest absolute Gasteiger partial charge is 0.356 e. The maximum atomic E-state index is 5.98. The molecule has 1 saturated heterocycles. The molecule has 1 fully saturated rings. The number of guanidine groups is 1. The average Bonchev–Trinajstić information content (AvgIpc) is 3.41. The van der Waals surface area contributed by atoms with Crippen molar-refractivity contribution in [2.24, 2.45) is 4.99 Å². The van der Waals surface area contributed by atoms with E-state index in [1.54, 1.807) is 6.33 Å². The first kappa shape index (κ1) is 25.9. The van der Waals surface area contributed by atoms with E-state index < -0.39 is 0 Å². The first-order valence-corrected chi connectivity index (χ1v) is 11.4. The molecular formula is C22H35ClIN7. The van der Waals surface area contributed by atoms with Crippen molar-refractivity contribution in [2.45, 2.75) is 52.1 Å². The number of rotatable bonds is 10. The lowest BCUT2D eigenvalue weighted by atomic mass is 10.1. The normalized spacial score (nSPS) is 16.9. The Bertz CT molecular complexity index is 793. The number of halogens is 2. The molecule has 2 aromatic rings. The van der Waals surface area contributed by atoms with E-state index in [-0.39, 0.29) is 24.0 Å². The van der Waals surface area contributed by atoms with E-state index in [9.17, 15) is 0 Å². The minimum absolute atomic E-state index is 0. The highest BCUT2D eigenvalue weighted by atomic mass is 127. The summed E-state index contributed by atoms with van der Waals surface area (Å²) in [5.74, 6) is 1.88. The summed E-state index contributed by atoms with van der Waals surface area (Å²) < 4.78 is 2.09. The molecule has 9 heteroatoms. The second-order valence-corrected chi connectivity index (χ2v) is 8.07. The Balaban J connectivity index is 0.00000341. The van der Waals surface area contributed by atoms with Gasteiger partial charge in [-0.2, -0.15) is 0 Å². The second kappa shape index (κ2) is 13.9. The van der Waals surface area contributed by atoms with Crippen molar-refractivity contribution >= 4 is 41.5 Å². The summed E-state index contributed by atoms with van der Waals surface area (Å²) in [6.45, 7) is 9.87. The molecule has 3 rings (SSSR count). The molecule has 2 heterocycles. The Morgan fingerprint density at radius 3 is 2.71 bits per heavy atom. The number of likely N-dealkylation sites (tertiary alicyclic amines) is 1. The van der Waals surface area contributed by atoms with Gasteiger partial charge < -0.3 is 15.2 Å². The molecule has 0 radical (unpaired) electrons. The third-order valence-electron chi connectivity index (χ3n) is 5.64. The zero-order valence-electron chi connectivity index (χ0n) is 18.6. The van der Waals surface area contributed by atoms with Crippen LogP contribution in [0, 0.1) is 0 Å². The average molecular weight is 560 g/mol. The van der Waals surface area contributed by atoms with E-state index in [2.05, 4.69) is 56.3 Å². The van der Waals surface area contributed by atoms with Crippen LogP contribution in [-0.2, 0) is 19.4 Å². The molecule has 1 aliphatic heterocycles. The molecule has 0 amide bonds. The number of aryl methyl sites for hydroxylation is 1. The Morgan fingerprint density at radius 1 is 1.19 bits per heavy atom. The molecule has 0 aliphatic carbocycles. The lowest BCUT2D eigenvalue weighted by molar-refractivity contribution is 0.273. The van der Waals surface area contributed by atoms with Gasteiger partial charge in [0.2, 0.25) is 0 Å². The molecule has 0 bridgehead atoms. The van der Waals surface area contributed by atoms with Crippen LogP contribution in [0.5, 0.6) is 0 Å². The van der Waals surface area contributed by atoms with E-state index in [0.29, 0.717) is 6.04 Å². The van der Waals surface area contributed by atoms with Crippen LogP contribution in [0.15, 0.2) is 35.6 Å². The van der Waals surface area contributed by atoms with Gasteiger partial charge in [-0.05, 0) is 50.0 Å². The van der Waals surface area contributed by atoms with Crippen molar-refractivity contribution in [3.05, 3.63) is 47.0 Å². The van der Waals surface area contributed by atoms with Crippen LogP contribution < -0.4 is 10.6 Å². The van der Waals surface area contributed by atoms with Crippen molar-refractivity contribution in [2.75, 3.05) is 32.7 Å². The van der Waals surface area contributed by atoms with Gasteiger partial charge in [0.1, 0.15) is 12.2 Å². The minimum atomic E-state index is 0. The standard InChI is InChI=1S/C22H34ClN7.HI/c1-3-21-28-27-17-30(21)15-13-25-22(26-16-20-6-5-14-29(20)4-2)24-12-11-18-7-9-19(23)10-8-18;/h7-10,17,20H,3-6,11-16H2,1-2H3,(H2,24,25,26);1H. The smallest absolute Gasteiger partial charge is 0.191 e. The molecule has 1 aromatic heterocycles. The van der Waals surface area contributed by atoms with Crippen molar-refractivity contribution < 1.29 is 0 Å². The molecule has 7 nitrogen and oxygen atoms in total. The molecule has 0 spiro atoms. The van der Waals surface area contributed by atoms with E-state index in [1.165, 1.54) is 24.9 Å². The summed E-state index contributed by atoms with van der Waals surface area (Å²) in [5.41, 5.74) is 1.26. The van der Waals surface area contributed by atoms with Gasteiger partial charge in [-0.15, -0.1) is 34.2 Å². The summed E-state index contributed by atoms with van der Waals surface area (Å²) in [6.07, 6.45) is 6.11. The minimum Gasteiger partial charge on any atom is -0.356 e. The number of nitrogens with zero attached hydrogens (tertiary/aromatic N) is 5. The van der Waals surface area contributed by atoms with Gasteiger partial charge >= 0.3 is 0 Å². The van der Waals surface area contributed by atoms with Crippen molar-refractivity contribution in [3.8, 4) is 0 Å². The van der Waals surface area contributed by atoms with Crippen LogP contribution in [0.25, 0.3) is 0 Å². The first-order valence-electron chi connectivity index (χ1n) is 11.1. The van der Waals surface area contributed by atoms with Gasteiger partial charge in [0.15, 0.2) is 5.96 Å². The highest BCUT2D eigenvalue weighted by molar-refractivity contribution is 14.0. The number of aliphatic imine (C=N–C) groups is 1. The third-order valence-corrected chi connectivity index (χ3v) is 5.89. The second-order valence-electron chi connectivity index (χ2n) is 7.64. The van der Waals surface area contributed by atoms with E-state index >= 15 is 0 Å².